The van der Waals surface area contributed by atoms with Gasteiger partial charge in [0.25, 0.3) is 5.91 Å². The van der Waals surface area contributed by atoms with E-state index in [0.717, 1.165) is 31.4 Å². The molecule has 2 nitrogen and oxygen atoms in total. The molecule has 1 aromatic rings. The van der Waals surface area contributed by atoms with Gasteiger partial charge in [0, 0.05) is 17.8 Å². The summed E-state index contributed by atoms with van der Waals surface area (Å²) in [5.74, 6) is 0.148. The van der Waals surface area contributed by atoms with Crippen LogP contribution in [0.2, 0.25) is 0 Å². The van der Waals surface area contributed by atoms with Gasteiger partial charge in [-0.15, -0.1) is 0 Å². The Morgan fingerprint density at radius 1 is 1.17 bits per heavy atom. The van der Waals surface area contributed by atoms with Crippen LogP contribution in [0.25, 0.3) is 0 Å². The molecular weight excluding hydrogens is 222 g/mol. The number of allylic oxidation sites excluding steroid dienone is 1. The topological polar surface area (TPSA) is 20.3 Å². The third kappa shape index (κ3) is 2.33. The number of rotatable bonds is 3. The Morgan fingerprint density at radius 3 is 2.39 bits per heavy atom. The van der Waals surface area contributed by atoms with Gasteiger partial charge < -0.3 is 4.90 Å². The van der Waals surface area contributed by atoms with Gasteiger partial charge in [0.15, 0.2) is 0 Å². The van der Waals surface area contributed by atoms with Gasteiger partial charge in [0.2, 0.25) is 0 Å². The zero-order valence-electron chi connectivity index (χ0n) is 11.5. The van der Waals surface area contributed by atoms with E-state index in [1.165, 1.54) is 16.8 Å². The second-order valence-corrected chi connectivity index (χ2v) is 4.83. The largest absolute Gasteiger partial charge is 0.312 e. The van der Waals surface area contributed by atoms with Crippen molar-refractivity contribution in [2.75, 3.05) is 6.54 Å². The first-order valence-electron chi connectivity index (χ1n) is 6.76. The number of benzene rings is 1. The van der Waals surface area contributed by atoms with E-state index in [4.69, 9.17) is 0 Å². The molecular formula is C16H21NO. The van der Waals surface area contributed by atoms with Crippen molar-refractivity contribution in [1.29, 1.82) is 0 Å². The maximum Gasteiger partial charge on any atom is 0.258 e. The molecule has 0 unspecified atom stereocenters. The molecule has 0 aromatic heterocycles. The predicted molar refractivity (Wildman–Crippen MR) is 74.4 cm³/mol. The van der Waals surface area contributed by atoms with Crippen molar-refractivity contribution < 1.29 is 4.79 Å². The molecule has 0 bridgehead atoms. The normalized spacial score (nSPS) is 15.4. The Labute approximate surface area is 109 Å². The average Bonchev–Trinajstić information content (AvgIpc) is 2.81. The molecule has 0 aliphatic carbocycles. The lowest BCUT2D eigenvalue weighted by atomic mass is 10.1. The summed E-state index contributed by atoms with van der Waals surface area (Å²) >= 11 is 0. The molecule has 1 aliphatic heterocycles. The third-order valence-electron chi connectivity index (χ3n) is 3.68. The summed E-state index contributed by atoms with van der Waals surface area (Å²) in [6.07, 6.45) is 3.04. The van der Waals surface area contributed by atoms with Crippen molar-refractivity contribution in [3.05, 3.63) is 46.7 Å². The molecule has 96 valence electrons. The van der Waals surface area contributed by atoms with Crippen LogP contribution in [0.5, 0.6) is 0 Å². The van der Waals surface area contributed by atoms with Crippen LogP contribution in [0.4, 0.5) is 0 Å². The summed E-state index contributed by atoms with van der Waals surface area (Å²) < 4.78 is 0. The molecule has 1 heterocycles. The van der Waals surface area contributed by atoms with E-state index < -0.39 is 0 Å². The monoisotopic (exact) mass is 243 g/mol. The Kier molecular flexibility index (Phi) is 3.85. The molecule has 1 aliphatic rings. The van der Waals surface area contributed by atoms with Crippen LogP contribution in [-0.2, 0) is 0 Å². The smallest absolute Gasteiger partial charge is 0.258 e. The van der Waals surface area contributed by atoms with E-state index in [2.05, 4.69) is 13.8 Å². The number of hydrogen-bond donors (Lipinski definition) is 0. The highest BCUT2D eigenvalue weighted by molar-refractivity contribution is 5.95. The van der Waals surface area contributed by atoms with Gasteiger partial charge in [0.1, 0.15) is 0 Å². The van der Waals surface area contributed by atoms with Crippen molar-refractivity contribution in [1.82, 2.24) is 4.90 Å². The van der Waals surface area contributed by atoms with Crippen LogP contribution in [0.15, 0.2) is 35.5 Å². The molecule has 0 atom stereocenters. The number of carbonyl (C=O) groups is 1. The molecule has 0 radical (unpaired) electrons. The van der Waals surface area contributed by atoms with Gasteiger partial charge in [-0.2, -0.15) is 0 Å². The SMILES string of the molecule is CCC1=C(CC)N(C(=O)c2ccc(C)cc2)CC1. The second-order valence-electron chi connectivity index (χ2n) is 4.83. The van der Waals surface area contributed by atoms with Crippen LogP contribution < -0.4 is 0 Å². The van der Waals surface area contributed by atoms with Gasteiger partial charge in [0.05, 0.1) is 0 Å². The van der Waals surface area contributed by atoms with Crippen LogP contribution in [0.3, 0.4) is 0 Å². The molecule has 2 rings (SSSR count). The minimum Gasteiger partial charge on any atom is -0.312 e. The lowest BCUT2D eigenvalue weighted by Crippen LogP contribution is -2.27. The average molecular weight is 243 g/mol. The number of amides is 1. The van der Waals surface area contributed by atoms with E-state index in [0.29, 0.717) is 0 Å². The maximum atomic E-state index is 12.5. The molecule has 2 heteroatoms. The highest BCUT2D eigenvalue weighted by Gasteiger charge is 2.25. The number of nitrogens with zero attached hydrogens (tertiary/aromatic N) is 1. The van der Waals surface area contributed by atoms with Crippen molar-refractivity contribution in [3.63, 3.8) is 0 Å². The van der Waals surface area contributed by atoms with Gasteiger partial charge in [-0.3, -0.25) is 4.79 Å². The van der Waals surface area contributed by atoms with Crippen molar-refractivity contribution in [2.24, 2.45) is 0 Å². The Hall–Kier alpha value is -1.57. The first kappa shape index (κ1) is 12.9. The van der Waals surface area contributed by atoms with E-state index in [9.17, 15) is 4.79 Å². The summed E-state index contributed by atoms with van der Waals surface area (Å²) in [5.41, 5.74) is 4.67. The fourth-order valence-electron chi connectivity index (χ4n) is 2.61. The zero-order chi connectivity index (χ0) is 13.1. The Balaban J connectivity index is 2.25. The van der Waals surface area contributed by atoms with E-state index >= 15 is 0 Å². The van der Waals surface area contributed by atoms with Crippen molar-refractivity contribution >= 4 is 5.91 Å². The van der Waals surface area contributed by atoms with Gasteiger partial charge >= 0.3 is 0 Å². The minimum absolute atomic E-state index is 0.148. The molecule has 1 aromatic carbocycles. The molecule has 0 saturated carbocycles. The molecule has 18 heavy (non-hydrogen) atoms. The van der Waals surface area contributed by atoms with E-state index in [1.807, 2.05) is 36.1 Å². The second kappa shape index (κ2) is 5.38. The maximum absolute atomic E-state index is 12.5. The summed E-state index contributed by atoms with van der Waals surface area (Å²) in [7, 11) is 0. The summed E-state index contributed by atoms with van der Waals surface area (Å²) in [4.78, 5) is 14.4. The Bertz CT molecular complexity index is 470. The summed E-state index contributed by atoms with van der Waals surface area (Å²) in [6, 6.07) is 7.85. The van der Waals surface area contributed by atoms with Gasteiger partial charge in [-0.05, 0) is 43.9 Å². The van der Waals surface area contributed by atoms with Crippen LogP contribution in [0, 0.1) is 6.92 Å². The van der Waals surface area contributed by atoms with Crippen molar-refractivity contribution in [2.45, 2.75) is 40.0 Å². The van der Waals surface area contributed by atoms with Crippen molar-refractivity contribution in [3.8, 4) is 0 Å². The highest BCUT2D eigenvalue weighted by Crippen LogP contribution is 2.28. The molecule has 0 N–H and O–H groups in total. The fraction of sp³-hybridized carbons (Fsp3) is 0.438. The summed E-state index contributed by atoms with van der Waals surface area (Å²) in [6.45, 7) is 7.19. The van der Waals surface area contributed by atoms with E-state index in [1.54, 1.807) is 0 Å². The lowest BCUT2D eigenvalue weighted by molar-refractivity contribution is 0.0815. The first-order chi connectivity index (χ1) is 8.67. The molecule has 0 fully saturated rings. The predicted octanol–water partition coefficient (Wildman–Crippen LogP) is 3.92. The van der Waals surface area contributed by atoms with Gasteiger partial charge in [-0.1, -0.05) is 31.5 Å². The van der Waals surface area contributed by atoms with Crippen LogP contribution in [-0.4, -0.2) is 17.4 Å². The number of carbonyl (C=O) groups excluding carboxylic acids is 1. The minimum atomic E-state index is 0.148. The molecule has 1 amide bonds. The fourth-order valence-corrected chi connectivity index (χ4v) is 2.61. The number of hydrogen-bond acceptors (Lipinski definition) is 1. The Morgan fingerprint density at radius 2 is 1.83 bits per heavy atom. The highest BCUT2D eigenvalue weighted by atomic mass is 16.2. The molecule has 0 saturated heterocycles. The van der Waals surface area contributed by atoms with Crippen LogP contribution in [0.1, 0.15) is 49.0 Å². The molecule has 0 spiro atoms. The van der Waals surface area contributed by atoms with E-state index in [-0.39, 0.29) is 5.91 Å². The zero-order valence-corrected chi connectivity index (χ0v) is 11.5. The quantitative estimate of drug-likeness (QED) is 0.788. The van der Waals surface area contributed by atoms with Gasteiger partial charge in [-0.25, -0.2) is 0 Å². The third-order valence-corrected chi connectivity index (χ3v) is 3.68. The van der Waals surface area contributed by atoms with Crippen LogP contribution >= 0.6 is 0 Å². The first-order valence-corrected chi connectivity index (χ1v) is 6.76. The number of aryl methyl sites for hydroxylation is 1. The standard InChI is InChI=1S/C16H21NO/c1-4-13-10-11-17(15(13)5-2)16(18)14-8-6-12(3)7-9-14/h6-9H,4-5,10-11H2,1-3H3. The summed E-state index contributed by atoms with van der Waals surface area (Å²) in [5, 5.41) is 0. The lowest BCUT2D eigenvalue weighted by Gasteiger charge is -2.20.